The van der Waals surface area contributed by atoms with Crippen molar-refractivity contribution in [1.82, 2.24) is 0 Å². The van der Waals surface area contributed by atoms with E-state index in [4.69, 9.17) is 4.74 Å². The number of esters is 1. The van der Waals surface area contributed by atoms with Gasteiger partial charge in [-0.05, 0) is 31.9 Å². The van der Waals surface area contributed by atoms with Gasteiger partial charge in [0.05, 0.1) is 12.2 Å². The van der Waals surface area contributed by atoms with Crippen molar-refractivity contribution in [2.24, 2.45) is 0 Å². The molecule has 0 unspecified atom stereocenters. The van der Waals surface area contributed by atoms with E-state index in [1.807, 2.05) is 0 Å². The van der Waals surface area contributed by atoms with Crippen LogP contribution in [0.3, 0.4) is 0 Å². The lowest BCUT2D eigenvalue weighted by Gasteiger charge is -2.04. The summed E-state index contributed by atoms with van der Waals surface area (Å²) >= 11 is 3.37. The van der Waals surface area contributed by atoms with Crippen LogP contribution in [0.2, 0.25) is 0 Å². The van der Waals surface area contributed by atoms with Crippen LogP contribution >= 0.6 is 15.9 Å². The molecule has 0 heterocycles. The van der Waals surface area contributed by atoms with Gasteiger partial charge in [0.15, 0.2) is 5.78 Å². The largest absolute Gasteiger partial charge is 0.462 e. The lowest BCUT2D eigenvalue weighted by atomic mass is 10.0. The van der Waals surface area contributed by atoms with Crippen molar-refractivity contribution in [3.8, 4) is 0 Å². The monoisotopic (exact) mass is 326 g/mol. The fraction of sp³-hybridized carbons (Fsp3) is 0.467. The molecule has 0 bridgehead atoms. The molecule has 0 atom stereocenters. The normalized spacial score (nSPS) is 10.2. The first-order chi connectivity index (χ1) is 9.19. The molecule has 0 amide bonds. The molecule has 3 nitrogen and oxygen atoms in total. The van der Waals surface area contributed by atoms with Gasteiger partial charge in [-0.25, -0.2) is 4.79 Å². The Kier molecular flexibility index (Phi) is 7.41. The van der Waals surface area contributed by atoms with Crippen LogP contribution in [0.5, 0.6) is 0 Å². The van der Waals surface area contributed by atoms with Crippen LogP contribution in [-0.2, 0) is 4.74 Å². The number of halogens is 1. The predicted molar refractivity (Wildman–Crippen MR) is 79.0 cm³/mol. The molecule has 0 aliphatic rings. The zero-order chi connectivity index (χ0) is 14.1. The highest BCUT2D eigenvalue weighted by atomic mass is 79.9. The maximum absolute atomic E-state index is 11.9. The van der Waals surface area contributed by atoms with E-state index in [-0.39, 0.29) is 11.8 Å². The minimum Gasteiger partial charge on any atom is -0.462 e. The Labute approximate surface area is 122 Å². The van der Waals surface area contributed by atoms with Crippen molar-refractivity contribution in [3.05, 3.63) is 35.4 Å². The zero-order valence-electron chi connectivity index (χ0n) is 11.2. The molecule has 1 aromatic rings. The third kappa shape index (κ3) is 5.55. The third-order valence-corrected chi connectivity index (χ3v) is 3.32. The second-order valence-corrected chi connectivity index (χ2v) is 5.01. The summed E-state index contributed by atoms with van der Waals surface area (Å²) < 4.78 is 4.89. The van der Waals surface area contributed by atoms with Gasteiger partial charge in [-0.3, -0.25) is 4.79 Å². The number of benzene rings is 1. The topological polar surface area (TPSA) is 43.4 Å². The molecule has 0 aliphatic heterocycles. The summed E-state index contributed by atoms with van der Waals surface area (Å²) in [5, 5.41) is 0.982. The highest BCUT2D eigenvalue weighted by Gasteiger charge is 2.09. The van der Waals surface area contributed by atoms with Crippen LogP contribution in [0.15, 0.2) is 24.3 Å². The zero-order valence-corrected chi connectivity index (χ0v) is 12.7. The minimum atomic E-state index is -0.348. The van der Waals surface area contributed by atoms with Crippen LogP contribution in [0, 0.1) is 0 Å². The number of ketones is 1. The van der Waals surface area contributed by atoms with Gasteiger partial charge >= 0.3 is 5.97 Å². The van der Waals surface area contributed by atoms with Crippen LogP contribution in [0.4, 0.5) is 0 Å². The number of ether oxygens (including phenoxy) is 1. The Morgan fingerprint density at radius 1 is 1.05 bits per heavy atom. The SMILES string of the molecule is CCOC(=O)c1ccc(C(=O)CCCCCBr)cc1. The maximum atomic E-state index is 11.9. The van der Waals surface area contributed by atoms with E-state index in [1.54, 1.807) is 31.2 Å². The Bertz CT molecular complexity index is 412. The number of alkyl halides is 1. The van der Waals surface area contributed by atoms with E-state index < -0.39 is 0 Å². The number of hydrogen-bond acceptors (Lipinski definition) is 3. The quantitative estimate of drug-likeness (QED) is 0.314. The van der Waals surface area contributed by atoms with Gasteiger partial charge in [-0.1, -0.05) is 34.5 Å². The summed E-state index contributed by atoms with van der Waals surface area (Å²) in [6, 6.07) is 6.67. The molecule has 0 aromatic heterocycles. The standard InChI is InChI=1S/C15H19BrO3/c1-2-19-15(18)13-9-7-12(8-10-13)14(17)6-4-3-5-11-16/h7-10H,2-6,11H2,1H3. The van der Waals surface area contributed by atoms with Gasteiger partial charge in [-0.2, -0.15) is 0 Å². The summed E-state index contributed by atoms with van der Waals surface area (Å²) in [6.45, 7) is 2.12. The summed E-state index contributed by atoms with van der Waals surface area (Å²) in [5.74, 6) is -0.219. The third-order valence-electron chi connectivity index (χ3n) is 2.76. The van der Waals surface area contributed by atoms with E-state index in [0.717, 1.165) is 24.6 Å². The fourth-order valence-corrected chi connectivity index (χ4v) is 2.10. The van der Waals surface area contributed by atoms with Gasteiger partial charge in [0.1, 0.15) is 0 Å². The van der Waals surface area contributed by atoms with Gasteiger partial charge < -0.3 is 4.74 Å². The van der Waals surface area contributed by atoms with Crippen molar-refractivity contribution in [2.45, 2.75) is 32.6 Å². The van der Waals surface area contributed by atoms with Gasteiger partial charge in [0.2, 0.25) is 0 Å². The van der Waals surface area contributed by atoms with E-state index in [2.05, 4.69) is 15.9 Å². The first-order valence-corrected chi connectivity index (χ1v) is 7.67. The molecule has 0 spiro atoms. The van der Waals surface area contributed by atoms with Crippen molar-refractivity contribution in [3.63, 3.8) is 0 Å². The first kappa shape index (κ1) is 15.9. The average molecular weight is 327 g/mol. The number of rotatable bonds is 8. The summed E-state index contributed by atoms with van der Waals surface area (Å²) in [6.07, 6.45) is 3.61. The van der Waals surface area contributed by atoms with E-state index in [9.17, 15) is 9.59 Å². The Morgan fingerprint density at radius 2 is 1.68 bits per heavy atom. The van der Waals surface area contributed by atoms with E-state index in [1.165, 1.54) is 0 Å². The molecule has 0 radical (unpaired) electrons. The Balaban J connectivity index is 2.51. The van der Waals surface area contributed by atoms with E-state index >= 15 is 0 Å². The fourth-order valence-electron chi connectivity index (χ4n) is 1.71. The van der Waals surface area contributed by atoms with Crippen molar-refractivity contribution in [1.29, 1.82) is 0 Å². The summed E-state index contributed by atoms with van der Waals surface area (Å²) in [7, 11) is 0. The first-order valence-electron chi connectivity index (χ1n) is 6.55. The second-order valence-electron chi connectivity index (χ2n) is 4.22. The molecular formula is C15H19BrO3. The number of Topliss-reactive ketones (excluding diaryl/α,β-unsaturated/α-hetero) is 1. The predicted octanol–water partition coefficient (Wildman–Crippen LogP) is 4.00. The molecule has 1 aromatic carbocycles. The summed E-state index contributed by atoms with van der Waals surface area (Å²) in [4.78, 5) is 23.3. The van der Waals surface area contributed by atoms with Crippen molar-refractivity contribution < 1.29 is 14.3 Å². The molecule has 4 heteroatoms. The average Bonchev–Trinajstić information content (AvgIpc) is 2.44. The Morgan fingerprint density at radius 3 is 2.26 bits per heavy atom. The second kappa shape index (κ2) is 8.86. The Hall–Kier alpha value is -1.16. The van der Waals surface area contributed by atoms with Crippen LogP contribution in [0.25, 0.3) is 0 Å². The highest BCUT2D eigenvalue weighted by Crippen LogP contribution is 2.11. The molecule has 0 saturated heterocycles. The molecule has 0 aliphatic carbocycles. The van der Waals surface area contributed by atoms with E-state index in [0.29, 0.717) is 24.2 Å². The number of carbonyl (C=O) groups excluding carboxylic acids is 2. The van der Waals surface area contributed by atoms with Crippen molar-refractivity contribution >= 4 is 27.7 Å². The molecule has 19 heavy (non-hydrogen) atoms. The van der Waals surface area contributed by atoms with Crippen LogP contribution in [0.1, 0.15) is 53.3 Å². The lowest BCUT2D eigenvalue weighted by molar-refractivity contribution is 0.0526. The molecule has 104 valence electrons. The number of unbranched alkanes of at least 4 members (excludes halogenated alkanes) is 2. The molecular weight excluding hydrogens is 308 g/mol. The van der Waals surface area contributed by atoms with Crippen molar-refractivity contribution in [2.75, 3.05) is 11.9 Å². The number of hydrogen-bond donors (Lipinski definition) is 0. The van der Waals surface area contributed by atoms with Gasteiger partial charge in [0.25, 0.3) is 0 Å². The molecule has 0 fully saturated rings. The summed E-state index contributed by atoms with van der Waals surface area (Å²) in [5.41, 5.74) is 1.14. The van der Waals surface area contributed by atoms with Crippen LogP contribution in [-0.4, -0.2) is 23.7 Å². The highest BCUT2D eigenvalue weighted by molar-refractivity contribution is 9.09. The van der Waals surface area contributed by atoms with Gasteiger partial charge in [0, 0.05) is 17.3 Å². The smallest absolute Gasteiger partial charge is 0.338 e. The lowest BCUT2D eigenvalue weighted by Crippen LogP contribution is -2.05. The van der Waals surface area contributed by atoms with Crippen LogP contribution < -0.4 is 0 Å². The minimum absolute atomic E-state index is 0.130. The number of carbonyl (C=O) groups is 2. The molecule has 0 saturated carbocycles. The molecule has 0 N–H and O–H groups in total. The maximum Gasteiger partial charge on any atom is 0.338 e. The van der Waals surface area contributed by atoms with Gasteiger partial charge in [-0.15, -0.1) is 0 Å². The molecule has 1 rings (SSSR count).